The van der Waals surface area contributed by atoms with E-state index in [9.17, 15) is 4.79 Å². The molecular formula is C24H22N4O2. The fourth-order valence-corrected chi connectivity index (χ4v) is 3.61. The molecule has 6 heteroatoms. The highest BCUT2D eigenvalue weighted by Crippen LogP contribution is 2.44. The van der Waals surface area contributed by atoms with E-state index >= 15 is 0 Å². The SMILES string of the molecule is NNc1cccc(C#CCCNC(=O)OCC2c3ccccc3-c3ccccc32)n1. The molecule has 1 aliphatic rings. The van der Waals surface area contributed by atoms with Gasteiger partial charge in [0.05, 0.1) is 0 Å². The molecule has 1 heterocycles. The summed E-state index contributed by atoms with van der Waals surface area (Å²) in [4.78, 5) is 16.3. The number of hydrogen-bond acceptors (Lipinski definition) is 5. The van der Waals surface area contributed by atoms with E-state index in [1.54, 1.807) is 12.1 Å². The van der Waals surface area contributed by atoms with E-state index in [2.05, 4.69) is 51.8 Å². The number of nitrogens with one attached hydrogen (secondary N) is 2. The van der Waals surface area contributed by atoms with Gasteiger partial charge in [-0.05, 0) is 40.3 Å². The van der Waals surface area contributed by atoms with Crippen LogP contribution in [0.5, 0.6) is 0 Å². The number of hydrogen-bond donors (Lipinski definition) is 3. The highest BCUT2D eigenvalue weighted by Gasteiger charge is 2.28. The van der Waals surface area contributed by atoms with Gasteiger partial charge in [0.1, 0.15) is 18.1 Å². The molecule has 0 aliphatic heterocycles. The summed E-state index contributed by atoms with van der Waals surface area (Å²) in [6.07, 6.45) is 0.0534. The molecule has 6 nitrogen and oxygen atoms in total. The van der Waals surface area contributed by atoms with Crippen molar-refractivity contribution in [2.45, 2.75) is 12.3 Å². The Labute approximate surface area is 175 Å². The van der Waals surface area contributed by atoms with Crippen LogP contribution in [-0.4, -0.2) is 24.2 Å². The number of rotatable bonds is 5. The number of anilines is 1. The first kappa shape index (κ1) is 19.5. The number of amides is 1. The molecule has 4 rings (SSSR count). The zero-order valence-corrected chi connectivity index (χ0v) is 16.4. The van der Waals surface area contributed by atoms with Gasteiger partial charge in [0, 0.05) is 18.9 Å². The molecule has 0 spiro atoms. The zero-order valence-electron chi connectivity index (χ0n) is 16.4. The summed E-state index contributed by atoms with van der Waals surface area (Å²) in [5, 5.41) is 2.75. The second kappa shape index (κ2) is 9.12. The van der Waals surface area contributed by atoms with Gasteiger partial charge >= 0.3 is 6.09 Å². The lowest BCUT2D eigenvalue weighted by atomic mass is 9.98. The van der Waals surface area contributed by atoms with Crippen molar-refractivity contribution in [3.8, 4) is 23.0 Å². The molecule has 0 saturated heterocycles. The molecule has 0 unspecified atom stereocenters. The van der Waals surface area contributed by atoms with Crippen molar-refractivity contribution in [2.24, 2.45) is 5.84 Å². The monoisotopic (exact) mass is 398 g/mol. The number of nitrogens with zero attached hydrogens (tertiary/aromatic N) is 1. The van der Waals surface area contributed by atoms with Crippen molar-refractivity contribution < 1.29 is 9.53 Å². The number of fused-ring (bicyclic) bond motifs is 3. The Morgan fingerprint density at radius 3 is 2.40 bits per heavy atom. The van der Waals surface area contributed by atoms with Crippen molar-refractivity contribution in [2.75, 3.05) is 18.6 Å². The van der Waals surface area contributed by atoms with Crippen molar-refractivity contribution in [1.82, 2.24) is 10.3 Å². The van der Waals surface area contributed by atoms with E-state index in [-0.39, 0.29) is 5.92 Å². The molecule has 30 heavy (non-hydrogen) atoms. The van der Waals surface area contributed by atoms with Crippen molar-refractivity contribution >= 4 is 11.9 Å². The van der Waals surface area contributed by atoms with Crippen LogP contribution in [0.25, 0.3) is 11.1 Å². The topological polar surface area (TPSA) is 89.3 Å². The summed E-state index contributed by atoms with van der Waals surface area (Å²) in [7, 11) is 0. The molecule has 2 aromatic carbocycles. The van der Waals surface area contributed by atoms with Crippen molar-refractivity contribution in [3.05, 3.63) is 83.6 Å². The Morgan fingerprint density at radius 2 is 1.70 bits per heavy atom. The van der Waals surface area contributed by atoms with Gasteiger partial charge in [-0.15, -0.1) is 0 Å². The molecule has 0 saturated carbocycles. The Hall–Kier alpha value is -3.82. The van der Waals surface area contributed by atoms with Gasteiger partial charge in [0.2, 0.25) is 0 Å². The van der Waals surface area contributed by atoms with E-state index < -0.39 is 6.09 Å². The van der Waals surface area contributed by atoms with E-state index in [1.807, 2.05) is 30.3 Å². The number of carbonyl (C=O) groups excluding carboxylic acids is 1. The molecule has 150 valence electrons. The fourth-order valence-electron chi connectivity index (χ4n) is 3.61. The third kappa shape index (κ3) is 4.27. The van der Waals surface area contributed by atoms with Gasteiger partial charge in [-0.3, -0.25) is 0 Å². The van der Waals surface area contributed by atoms with Crippen LogP contribution in [0.15, 0.2) is 66.7 Å². The van der Waals surface area contributed by atoms with Crippen molar-refractivity contribution in [1.29, 1.82) is 0 Å². The minimum atomic E-state index is -0.439. The summed E-state index contributed by atoms with van der Waals surface area (Å²) in [5.74, 6) is 11.9. The molecule has 1 amide bonds. The minimum Gasteiger partial charge on any atom is -0.449 e. The maximum absolute atomic E-state index is 12.1. The Kier molecular flexibility index (Phi) is 5.93. The second-order valence-electron chi connectivity index (χ2n) is 6.86. The number of hydrazine groups is 1. The predicted molar refractivity (Wildman–Crippen MR) is 117 cm³/mol. The van der Waals surface area contributed by atoms with Crippen LogP contribution < -0.4 is 16.6 Å². The fraction of sp³-hybridized carbons (Fsp3) is 0.167. The Bertz CT molecular complexity index is 1070. The van der Waals surface area contributed by atoms with Gasteiger partial charge in [0.25, 0.3) is 0 Å². The van der Waals surface area contributed by atoms with Gasteiger partial charge < -0.3 is 15.5 Å². The van der Waals surface area contributed by atoms with Crippen molar-refractivity contribution in [3.63, 3.8) is 0 Å². The standard InChI is InChI=1S/C24H22N4O2/c25-28-23-14-7-9-17(27-23)8-5-6-15-26-24(29)30-16-22-20-12-3-1-10-18(20)19-11-2-4-13-21(19)22/h1-4,7,9-14,22H,6,15-16,25H2,(H,26,29)(H,27,28). The molecule has 0 bridgehead atoms. The molecule has 1 aliphatic carbocycles. The molecule has 4 N–H and O–H groups in total. The number of ether oxygens (including phenoxy) is 1. The number of aromatic nitrogens is 1. The number of benzene rings is 2. The second-order valence-corrected chi connectivity index (χ2v) is 6.86. The highest BCUT2D eigenvalue weighted by atomic mass is 16.5. The number of nitrogens with two attached hydrogens (primary N) is 1. The largest absolute Gasteiger partial charge is 0.449 e. The Balaban J connectivity index is 1.28. The summed E-state index contributed by atoms with van der Waals surface area (Å²) in [5.41, 5.74) is 7.90. The number of pyridine rings is 1. The lowest BCUT2D eigenvalue weighted by molar-refractivity contribution is 0.143. The predicted octanol–water partition coefficient (Wildman–Crippen LogP) is 3.65. The lowest BCUT2D eigenvalue weighted by Gasteiger charge is -2.14. The van der Waals surface area contributed by atoms with E-state index in [1.165, 1.54) is 22.3 Å². The summed E-state index contributed by atoms with van der Waals surface area (Å²) < 4.78 is 5.50. The van der Waals surface area contributed by atoms with Crippen LogP contribution >= 0.6 is 0 Å². The first-order chi connectivity index (χ1) is 14.8. The van der Waals surface area contributed by atoms with Crippen LogP contribution in [-0.2, 0) is 4.74 Å². The smallest absolute Gasteiger partial charge is 0.407 e. The molecule has 0 fully saturated rings. The minimum absolute atomic E-state index is 0.0532. The van der Waals surface area contributed by atoms with Crippen LogP contribution in [0.3, 0.4) is 0 Å². The number of alkyl carbamates (subject to hydrolysis) is 1. The Morgan fingerprint density at radius 1 is 1.00 bits per heavy atom. The third-order valence-corrected chi connectivity index (χ3v) is 4.98. The average molecular weight is 398 g/mol. The van der Waals surface area contributed by atoms with E-state index in [4.69, 9.17) is 10.6 Å². The zero-order chi connectivity index (χ0) is 20.8. The number of carbonyl (C=O) groups is 1. The first-order valence-corrected chi connectivity index (χ1v) is 9.77. The maximum Gasteiger partial charge on any atom is 0.407 e. The molecule has 1 aromatic heterocycles. The third-order valence-electron chi connectivity index (χ3n) is 4.98. The summed E-state index contributed by atoms with van der Waals surface area (Å²) >= 11 is 0. The molecular weight excluding hydrogens is 376 g/mol. The van der Waals surface area contributed by atoms with Crippen LogP contribution in [0.4, 0.5) is 10.6 Å². The molecule has 0 radical (unpaired) electrons. The van der Waals surface area contributed by atoms with E-state index in [0.29, 0.717) is 31.1 Å². The summed E-state index contributed by atoms with van der Waals surface area (Å²) in [6, 6.07) is 21.9. The average Bonchev–Trinajstić information content (AvgIpc) is 3.11. The van der Waals surface area contributed by atoms with Gasteiger partial charge in [0.15, 0.2) is 0 Å². The molecule has 3 aromatic rings. The highest BCUT2D eigenvalue weighted by molar-refractivity contribution is 5.79. The lowest BCUT2D eigenvalue weighted by Crippen LogP contribution is -2.26. The van der Waals surface area contributed by atoms with Crippen LogP contribution in [0.1, 0.15) is 29.2 Å². The maximum atomic E-state index is 12.1. The normalized spacial score (nSPS) is 11.6. The first-order valence-electron chi connectivity index (χ1n) is 9.77. The number of nitrogen functional groups attached to an aromatic ring is 1. The van der Waals surface area contributed by atoms with Gasteiger partial charge in [-0.2, -0.15) is 0 Å². The van der Waals surface area contributed by atoms with Crippen LogP contribution in [0.2, 0.25) is 0 Å². The van der Waals surface area contributed by atoms with Crippen LogP contribution in [0, 0.1) is 11.8 Å². The van der Waals surface area contributed by atoms with Gasteiger partial charge in [-0.1, -0.05) is 60.5 Å². The van der Waals surface area contributed by atoms with Gasteiger partial charge in [-0.25, -0.2) is 15.6 Å². The molecule has 0 atom stereocenters. The van der Waals surface area contributed by atoms with E-state index in [0.717, 1.165) is 0 Å². The summed E-state index contributed by atoms with van der Waals surface area (Å²) in [6.45, 7) is 0.701. The quantitative estimate of drug-likeness (QED) is 0.264.